The summed E-state index contributed by atoms with van der Waals surface area (Å²) in [6.07, 6.45) is 1.81. The number of nitrogens with one attached hydrogen (secondary N) is 1. The average Bonchev–Trinajstić information content (AvgIpc) is 3.03. The highest BCUT2D eigenvalue weighted by atomic mass is 16.2. The van der Waals surface area contributed by atoms with E-state index in [4.69, 9.17) is 5.73 Å². The Balaban J connectivity index is 2.28. The highest BCUT2D eigenvalue weighted by Gasteiger charge is 2.33. The van der Waals surface area contributed by atoms with E-state index >= 15 is 0 Å². The maximum Gasteiger partial charge on any atom is 0.259 e. The molecular formula is C18H15N3O2. The molecule has 5 heteroatoms. The summed E-state index contributed by atoms with van der Waals surface area (Å²) in [5.74, 6) is -0.722. The van der Waals surface area contributed by atoms with E-state index in [1.54, 1.807) is 0 Å². The summed E-state index contributed by atoms with van der Waals surface area (Å²) in [6, 6.07) is 9.77. The number of carbonyl (C=O) groups excluding carboxylic acids is 2. The number of nitrogens with zero attached hydrogens (tertiary/aromatic N) is 1. The van der Waals surface area contributed by atoms with Crippen molar-refractivity contribution < 1.29 is 9.59 Å². The van der Waals surface area contributed by atoms with Gasteiger partial charge in [-0.3, -0.25) is 14.9 Å². The Morgan fingerprint density at radius 3 is 2.61 bits per heavy atom. The zero-order chi connectivity index (χ0) is 16.1. The van der Waals surface area contributed by atoms with Gasteiger partial charge in [-0.2, -0.15) is 0 Å². The molecule has 1 aromatic heterocycles. The molecule has 114 valence electrons. The van der Waals surface area contributed by atoms with Gasteiger partial charge in [-0.05, 0) is 17.7 Å². The van der Waals surface area contributed by atoms with Gasteiger partial charge in [-0.25, -0.2) is 0 Å². The van der Waals surface area contributed by atoms with E-state index in [1.807, 2.05) is 36.4 Å². The third-order valence-electron chi connectivity index (χ3n) is 4.36. The summed E-state index contributed by atoms with van der Waals surface area (Å²) in [5.41, 5.74) is 9.25. The highest BCUT2D eigenvalue weighted by molar-refractivity contribution is 6.30. The van der Waals surface area contributed by atoms with Crippen molar-refractivity contribution >= 4 is 33.6 Å². The number of amides is 2. The van der Waals surface area contributed by atoms with Crippen LogP contribution in [0.15, 0.2) is 43.0 Å². The molecule has 0 atom stereocenters. The molecule has 0 bridgehead atoms. The largest absolute Gasteiger partial charge is 0.337 e. The molecule has 0 spiro atoms. The van der Waals surface area contributed by atoms with E-state index in [0.717, 1.165) is 21.8 Å². The van der Waals surface area contributed by atoms with Crippen LogP contribution >= 0.6 is 0 Å². The van der Waals surface area contributed by atoms with Gasteiger partial charge in [0.25, 0.3) is 11.8 Å². The number of benzene rings is 2. The van der Waals surface area contributed by atoms with Gasteiger partial charge in [0.2, 0.25) is 0 Å². The van der Waals surface area contributed by atoms with Crippen molar-refractivity contribution in [1.82, 2.24) is 9.88 Å². The summed E-state index contributed by atoms with van der Waals surface area (Å²) in [6.45, 7) is 4.63. The van der Waals surface area contributed by atoms with E-state index in [0.29, 0.717) is 23.2 Å². The summed E-state index contributed by atoms with van der Waals surface area (Å²) in [4.78, 5) is 24.5. The first-order chi connectivity index (χ1) is 11.2. The highest BCUT2D eigenvalue weighted by Crippen LogP contribution is 2.36. The second kappa shape index (κ2) is 4.79. The lowest BCUT2D eigenvalue weighted by molar-refractivity contribution is 0.0880. The maximum absolute atomic E-state index is 12.4. The minimum Gasteiger partial charge on any atom is -0.337 e. The molecule has 0 unspecified atom stereocenters. The molecule has 23 heavy (non-hydrogen) atoms. The molecule has 3 aromatic rings. The molecule has 4 rings (SSSR count). The summed E-state index contributed by atoms with van der Waals surface area (Å²) in [5, 5.41) is 4.15. The first kappa shape index (κ1) is 13.7. The van der Waals surface area contributed by atoms with Crippen LogP contribution in [0.5, 0.6) is 0 Å². The Hall–Kier alpha value is -2.92. The number of nitrogens with two attached hydrogens (primary N) is 1. The zero-order valence-electron chi connectivity index (χ0n) is 12.4. The first-order valence-electron chi connectivity index (χ1n) is 7.40. The van der Waals surface area contributed by atoms with Gasteiger partial charge < -0.3 is 10.3 Å². The smallest absolute Gasteiger partial charge is 0.259 e. The fourth-order valence-electron chi connectivity index (χ4n) is 3.46. The van der Waals surface area contributed by atoms with Gasteiger partial charge in [-0.15, -0.1) is 6.58 Å². The fourth-order valence-corrected chi connectivity index (χ4v) is 3.46. The van der Waals surface area contributed by atoms with Crippen LogP contribution in [-0.2, 0) is 13.1 Å². The normalized spacial score (nSPS) is 13.6. The number of para-hydroxylation sites is 1. The molecule has 0 saturated heterocycles. The predicted molar refractivity (Wildman–Crippen MR) is 89.3 cm³/mol. The molecule has 2 heterocycles. The van der Waals surface area contributed by atoms with Gasteiger partial charge in [0.05, 0.1) is 16.6 Å². The topological polar surface area (TPSA) is 77.1 Å². The van der Waals surface area contributed by atoms with E-state index < -0.39 is 0 Å². The molecule has 2 amide bonds. The first-order valence-corrected chi connectivity index (χ1v) is 7.40. The van der Waals surface area contributed by atoms with E-state index in [1.165, 1.54) is 0 Å². The van der Waals surface area contributed by atoms with Crippen LogP contribution in [0.4, 0.5) is 0 Å². The lowest BCUT2D eigenvalue weighted by atomic mass is 9.97. The van der Waals surface area contributed by atoms with Crippen LogP contribution in [0.2, 0.25) is 0 Å². The molecular weight excluding hydrogens is 290 g/mol. The Labute approximate surface area is 132 Å². The van der Waals surface area contributed by atoms with E-state index in [9.17, 15) is 9.59 Å². The Morgan fingerprint density at radius 2 is 1.87 bits per heavy atom. The lowest BCUT2D eigenvalue weighted by Gasteiger charge is -2.08. The van der Waals surface area contributed by atoms with Crippen molar-refractivity contribution in [3.05, 3.63) is 59.7 Å². The van der Waals surface area contributed by atoms with Gasteiger partial charge in [0.1, 0.15) is 0 Å². The predicted octanol–water partition coefficient (Wildman–Crippen LogP) is 2.32. The number of fused-ring (bicyclic) bond motifs is 5. The van der Waals surface area contributed by atoms with Crippen LogP contribution in [0, 0.1) is 0 Å². The number of hydrogen-bond donors (Lipinski definition) is 2. The zero-order valence-corrected chi connectivity index (χ0v) is 12.4. The van der Waals surface area contributed by atoms with E-state index in [2.05, 4.69) is 16.5 Å². The number of imide groups is 1. The Bertz CT molecular complexity index is 1010. The number of hydrogen-bond acceptors (Lipinski definition) is 3. The van der Waals surface area contributed by atoms with Crippen molar-refractivity contribution in [2.75, 3.05) is 0 Å². The maximum atomic E-state index is 12.4. The third-order valence-corrected chi connectivity index (χ3v) is 4.36. The number of carbonyl (C=O) groups is 2. The molecule has 0 saturated carbocycles. The van der Waals surface area contributed by atoms with Crippen molar-refractivity contribution in [2.45, 2.75) is 13.1 Å². The van der Waals surface area contributed by atoms with Crippen molar-refractivity contribution in [1.29, 1.82) is 0 Å². The van der Waals surface area contributed by atoms with Gasteiger partial charge >= 0.3 is 0 Å². The van der Waals surface area contributed by atoms with Gasteiger partial charge in [0, 0.05) is 29.4 Å². The molecule has 1 aliphatic heterocycles. The van der Waals surface area contributed by atoms with Crippen LogP contribution < -0.4 is 11.1 Å². The van der Waals surface area contributed by atoms with Crippen LogP contribution in [-0.4, -0.2) is 16.4 Å². The van der Waals surface area contributed by atoms with Crippen molar-refractivity contribution in [2.24, 2.45) is 5.73 Å². The lowest BCUT2D eigenvalue weighted by Crippen LogP contribution is -2.20. The summed E-state index contributed by atoms with van der Waals surface area (Å²) >= 11 is 0. The quantitative estimate of drug-likeness (QED) is 0.576. The standard InChI is InChI=1S/C18H15N3O2/c1-2-7-21-12-6-4-3-5-11(12)15-13(21)8-10(9-19)14-16(15)18(23)20-17(14)22/h2-6,8H,1,7,9,19H2,(H,20,22,23). The summed E-state index contributed by atoms with van der Waals surface area (Å²) < 4.78 is 2.09. The van der Waals surface area contributed by atoms with Gasteiger partial charge in [-0.1, -0.05) is 24.3 Å². The van der Waals surface area contributed by atoms with E-state index in [-0.39, 0.29) is 18.4 Å². The number of aromatic nitrogens is 1. The third kappa shape index (κ3) is 1.71. The Kier molecular flexibility index (Phi) is 2.86. The van der Waals surface area contributed by atoms with Crippen molar-refractivity contribution in [3.8, 4) is 0 Å². The molecule has 0 aliphatic carbocycles. The minimum absolute atomic E-state index is 0.203. The molecule has 5 nitrogen and oxygen atoms in total. The SMILES string of the molecule is C=CCn1c2ccccc2c2c3c(c(CN)cc21)C(=O)NC3=O. The Morgan fingerprint density at radius 1 is 1.13 bits per heavy atom. The van der Waals surface area contributed by atoms with Crippen LogP contribution in [0.25, 0.3) is 21.8 Å². The second-order valence-corrected chi connectivity index (χ2v) is 5.58. The number of rotatable bonds is 3. The molecule has 2 aromatic carbocycles. The second-order valence-electron chi connectivity index (χ2n) is 5.58. The van der Waals surface area contributed by atoms with Crippen LogP contribution in [0.1, 0.15) is 26.3 Å². The van der Waals surface area contributed by atoms with Crippen LogP contribution in [0.3, 0.4) is 0 Å². The van der Waals surface area contributed by atoms with Gasteiger partial charge in [0.15, 0.2) is 0 Å². The molecule has 0 radical (unpaired) electrons. The number of allylic oxidation sites excluding steroid dienone is 1. The molecule has 3 N–H and O–H groups in total. The molecule has 1 aliphatic rings. The van der Waals surface area contributed by atoms with Crippen molar-refractivity contribution in [3.63, 3.8) is 0 Å². The molecule has 0 fully saturated rings. The minimum atomic E-state index is -0.368. The monoisotopic (exact) mass is 305 g/mol. The fraction of sp³-hybridized carbons (Fsp3) is 0.111. The average molecular weight is 305 g/mol. The summed E-state index contributed by atoms with van der Waals surface area (Å²) in [7, 11) is 0.